The Kier molecular flexibility index (Phi) is 8.74. The van der Waals surface area contributed by atoms with E-state index in [0.29, 0.717) is 11.3 Å². The minimum atomic E-state index is -0.791. The molecular formula is C19H26N2O4S. The Bertz CT molecular complexity index is 648. The molecule has 1 rings (SSSR count). The summed E-state index contributed by atoms with van der Waals surface area (Å²) < 4.78 is 15.9. The number of nitrogens with zero attached hydrogens (tertiary/aromatic N) is 2. The van der Waals surface area contributed by atoms with Gasteiger partial charge < -0.3 is 14.2 Å². The van der Waals surface area contributed by atoms with Crippen LogP contribution in [-0.4, -0.2) is 32.1 Å². The molecule has 6 nitrogen and oxygen atoms in total. The average Bonchev–Trinajstić information content (AvgIpc) is 3.04. The molecule has 7 heteroatoms. The van der Waals surface area contributed by atoms with Gasteiger partial charge in [-0.3, -0.25) is 0 Å². The highest BCUT2D eigenvalue weighted by atomic mass is 32.1. The van der Waals surface area contributed by atoms with Crippen LogP contribution in [0.3, 0.4) is 0 Å². The predicted molar refractivity (Wildman–Crippen MR) is 98.4 cm³/mol. The van der Waals surface area contributed by atoms with Crippen molar-refractivity contribution in [3.63, 3.8) is 0 Å². The molecule has 0 aliphatic rings. The largest absolute Gasteiger partial charge is 0.456 e. The molecule has 142 valence electrons. The third kappa shape index (κ3) is 6.76. The molecule has 0 aliphatic carbocycles. The van der Waals surface area contributed by atoms with Crippen molar-refractivity contribution in [2.24, 2.45) is 11.8 Å². The van der Waals surface area contributed by atoms with Gasteiger partial charge in [0.25, 0.3) is 0 Å². The first-order valence-corrected chi connectivity index (χ1v) is 9.24. The molecule has 0 spiro atoms. The first-order valence-electron chi connectivity index (χ1n) is 8.42. The molecule has 0 fully saturated rings. The second-order valence-corrected chi connectivity index (χ2v) is 8.07. The lowest BCUT2D eigenvalue weighted by Gasteiger charge is -2.25. The molecule has 0 saturated heterocycles. The summed E-state index contributed by atoms with van der Waals surface area (Å²) in [6.45, 7) is 5.51. The topological polar surface area (TPSA) is 92.3 Å². The number of esters is 1. The zero-order chi connectivity index (χ0) is 19.7. The van der Waals surface area contributed by atoms with E-state index in [1.54, 1.807) is 6.07 Å². The highest BCUT2D eigenvalue weighted by molar-refractivity contribution is 7.13. The van der Waals surface area contributed by atoms with Gasteiger partial charge in [-0.1, -0.05) is 0 Å². The summed E-state index contributed by atoms with van der Waals surface area (Å²) in [7, 11) is 3.00. The minimum absolute atomic E-state index is 0.320. The van der Waals surface area contributed by atoms with Crippen molar-refractivity contribution in [3.8, 4) is 12.1 Å². The second-order valence-electron chi connectivity index (χ2n) is 6.90. The molecule has 0 aliphatic heterocycles. The molecule has 1 unspecified atom stereocenters. The van der Waals surface area contributed by atoms with Crippen LogP contribution in [0.1, 0.15) is 48.2 Å². The Morgan fingerprint density at radius 2 is 1.81 bits per heavy atom. The van der Waals surface area contributed by atoms with Crippen molar-refractivity contribution in [2.75, 3.05) is 14.2 Å². The van der Waals surface area contributed by atoms with Gasteiger partial charge in [-0.15, -0.1) is 11.3 Å². The third-order valence-corrected chi connectivity index (χ3v) is 4.87. The van der Waals surface area contributed by atoms with Crippen LogP contribution in [0, 0.1) is 34.5 Å². The van der Waals surface area contributed by atoms with E-state index in [2.05, 4.69) is 0 Å². The third-order valence-electron chi connectivity index (χ3n) is 3.74. The van der Waals surface area contributed by atoms with Crippen molar-refractivity contribution in [2.45, 2.75) is 51.9 Å². The summed E-state index contributed by atoms with van der Waals surface area (Å²) in [4.78, 5) is 13.7. The van der Waals surface area contributed by atoms with Crippen molar-refractivity contribution in [3.05, 3.63) is 21.9 Å². The van der Waals surface area contributed by atoms with Gasteiger partial charge in [-0.25, -0.2) is 4.79 Å². The number of aryl methyl sites for hydroxylation is 1. The fourth-order valence-corrected chi connectivity index (χ4v) is 3.51. The number of methoxy groups -OCH3 is 2. The SMILES string of the molecule is COC(OC)C(CCCc1ccc(C(=O)OC(C)(C)C)s1)C(C#N)C#N. The van der Waals surface area contributed by atoms with E-state index in [1.165, 1.54) is 25.6 Å². The number of nitriles is 2. The molecular weight excluding hydrogens is 352 g/mol. The Morgan fingerprint density at radius 3 is 2.31 bits per heavy atom. The average molecular weight is 378 g/mol. The summed E-state index contributed by atoms with van der Waals surface area (Å²) in [6.07, 6.45) is 1.51. The van der Waals surface area contributed by atoms with Gasteiger partial charge in [0.05, 0.1) is 12.1 Å². The van der Waals surface area contributed by atoms with E-state index in [1.807, 2.05) is 39.0 Å². The van der Waals surface area contributed by atoms with Gasteiger partial charge >= 0.3 is 5.97 Å². The van der Waals surface area contributed by atoms with Gasteiger partial charge in [0.1, 0.15) is 16.4 Å². The Hall–Kier alpha value is -1.93. The second kappa shape index (κ2) is 10.3. The number of carbonyl (C=O) groups excluding carboxylic acids is 1. The molecule has 1 aromatic rings. The summed E-state index contributed by atoms with van der Waals surface area (Å²) in [5.41, 5.74) is -0.520. The Balaban J connectivity index is 2.67. The summed E-state index contributed by atoms with van der Waals surface area (Å²) in [6, 6.07) is 7.70. The first-order chi connectivity index (χ1) is 12.3. The fraction of sp³-hybridized carbons (Fsp3) is 0.632. The molecule has 1 atom stereocenters. The normalized spacial score (nSPS) is 12.7. The van der Waals surface area contributed by atoms with Crippen molar-refractivity contribution in [1.29, 1.82) is 10.5 Å². The van der Waals surface area contributed by atoms with Crippen LogP contribution >= 0.6 is 11.3 Å². The molecule has 0 bridgehead atoms. The smallest absolute Gasteiger partial charge is 0.348 e. The molecule has 0 amide bonds. The quantitative estimate of drug-likeness (QED) is 0.477. The fourth-order valence-electron chi connectivity index (χ4n) is 2.59. The van der Waals surface area contributed by atoms with Gasteiger partial charge in [0, 0.05) is 25.0 Å². The maximum atomic E-state index is 12.1. The highest BCUT2D eigenvalue weighted by Crippen LogP contribution is 2.27. The molecule has 0 saturated carbocycles. The highest BCUT2D eigenvalue weighted by Gasteiger charge is 2.29. The van der Waals surface area contributed by atoms with Gasteiger partial charge in [0.15, 0.2) is 6.29 Å². The zero-order valence-corrected chi connectivity index (χ0v) is 16.8. The maximum Gasteiger partial charge on any atom is 0.348 e. The van der Waals surface area contributed by atoms with Crippen molar-refractivity contribution in [1.82, 2.24) is 0 Å². The Morgan fingerprint density at radius 1 is 1.19 bits per heavy atom. The lowest BCUT2D eigenvalue weighted by molar-refractivity contribution is -0.143. The predicted octanol–water partition coefficient (Wildman–Crippen LogP) is 3.92. The Labute approximate surface area is 159 Å². The molecule has 1 heterocycles. The van der Waals surface area contributed by atoms with Gasteiger partial charge in [-0.2, -0.15) is 10.5 Å². The summed E-state index contributed by atoms with van der Waals surface area (Å²) in [5.74, 6) is -1.44. The van der Waals surface area contributed by atoms with E-state index in [4.69, 9.17) is 14.2 Å². The van der Waals surface area contributed by atoms with Gasteiger partial charge in [0.2, 0.25) is 0 Å². The van der Waals surface area contributed by atoms with E-state index < -0.39 is 17.8 Å². The van der Waals surface area contributed by atoms with Crippen LogP contribution in [0.25, 0.3) is 0 Å². The molecule has 0 N–H and O–H groups in total. The van der Waals surface area contributed by atoms with Crippen LogP contribution < -0.4 is 0 Å². The molecule has 0 radical (unpaired) electrons. The van der Waals surface area contributed by atoms with Crippen LogP contribution in [0.5, 0.6) is 0 Å². The molecule has 26 heavy (non-hydrogen) atoms. The minimum Gasteiger partial charge on any atom is -0.456 e. The van der Waals surface area contributed by atoms with Crippen molar-refractivity contribution >= 4 is 17.3 Å². The standard InChI is InChI=1S/C19H26N2O4S/c1-19(2,3)25-17(22)16-10-9-14(26-16)7-6-8-15(13(11-20)12-21)18(23-4)24-5/h9-10,13,15,18H,6-8H2,1-5H3. The first kappa shape index (κ1) is 22.1. The van der Waals surface area contributed by atoms with Crippen LogP contribution in [0.15, 0.2) is 12.1 Å². The number of hydrogen-bond donors (Lipinski definition) is 0. The van der Waals surface area contributed by atoms with Crippen molar-refractivity contribution < 1.29 is 19.0 Å². The molecule has 1 aromatic heterocycles. The van der Waals surface area contributed by atoms with E-state index in [0.717, 1.165) is 17.7 Å². The van der Waals surface area contributed by atoms with Crippen LogP contribution in [0.2, 0.25) is 0 Å². The van der Waals surface area contributed by atoms with E-state index in [9.17, 15) is 15.3 Å². The summed E-state index contributed by atoms with van der Waals surface area (Å²) in [5, 5.41) is 18.4. The van der Waals surface area contributed by atoms with Crippen LogP contribution in [-0.2, 0) is 20.6 Å². The lowest BCUT2D eigenvalue weighted by Crippen LogP contribution is -2.30. The number of ether oxygens (including phenoxy) is 3. The lowest BCUT2D eigenvalue weighted by atomic mass is 9.89. The molecule has 0 aromatic carbocycles. The maximum absolute atomic E-state index is 12.1. The number of carbonyl (C=O) groups is 1. The van der Waals surface area contributed by atoms with E-state index in [-0.39, 0.29) is 11.9 Å². The van der Waals surface area contributed by atoms with Crippen LogP contribution in [0.4, 0.5) is 0 Å². The van der Waals surface area contributed by atoms with E-state index >= 15 is 0 Å². The number of hydrogen-bond acceptors (Lipinski definition) is 7. The zero-order valence-electron chi connectivity index (χ0n) is 15.9. The number of thiophene rings is 1. The summed E-state index contributed by atoms with van der Waals surface area (Å²) >= 11 is 1.41. The van der Waals surface area contributed by atoms with Gasteiger partial charge in [-0.05, 0) is 52.2 Å². The number of rotatable bonds is 9. The monoisotopic (exact) mass is 378 g/mol.